The van der Waals surface area contributed by atoms with Crippen molar-refractivity contribution in [3.63, 3.8) is 0 Å². The van der Waals surface area contributed by atoms with Crippen molar-refractivity contribution in [3.8, 4) is 0 Å². The maximum atomic E-state index is 5.10. The molecule has 0 spiro atoms. The first-order valence-electron chi connectivity index (χ1n) is 3.44. The summed E-state index contributed by atoms with van der Waals surface area (Å²) in [6.45, 7) is 2.47. The van der Waals surface area contributed by atoms with Gasteiger partial charge in [0, 0.05) is 30.3 Å². The van der Waals surface area contributed by atoms with E-state index in [2.05, 4.69) is 0 Å². The largest absolute Gasteiger partial charge is 1.00 e. The average Bonchev–Trinajstić information content (AvgIpc) is 2.03. The van der Waals surface area contributed by atoms with Crippen molar-refractivity contribution in [3.05, 3.63) is 0 Å². The van der Waals surface area contributed by atoms with Gasteiger partial charge >= 0.3 is 45.4 Å². The molecule has 1 radical (unpaired) electrons. The summed E-state index contributed by atoms with van der Waals surface area (Å²) >= 11 is -0.349. The Kier molecular flexibility index (Phi) is 19.6. The molecule has 0 fully saturated rings. The fraction of sp³-hybridized carbons (Fsp3) is 1.00. The SMILES string of the molecule is COCC[O][Al][O]CCOC.[H-].[HH].[HH].[Na+]. The smallest absolute Gasteiger partial charge is 1.00 e. The Balaban J connectivity index is -0.0000000833. The molecule has 0 saturated carbocycles. The molecule has 0 unspecified atom stereocenters. The van der Waals surface area contributed by atoms with Crippen molar-refractivity contribution in [2.75, 3.05) is 40.6 Å². The van der Waals surface area contributed by atoms with Crippen LogP contribution in [0.3, 0.4) is 0 Å². The van der Waals surface area contributed by atoms with Gasteiger partial charge in [-0.25, -0.2) is 0 Å². The topological polar surface area (TPSA) is 36.9 Å². The van der Waals surface area contributed by atoms with Gasteiger partial charge in [0.05, 0.1) is 13.2 Å². The molecule has 0 aliphatic rings. The molecule has 0 aliphatic carbocycles. The summed E-state index contributed by atoms with van der Waals surface area (Å²) < 4.78 is 19.8. The van der Waals surface area contributed by atoms with Crippen LogP contribution < -0.4 is 29.6 Å². The summed E-state index contributed by atoms with van der Waals surface area (Å²) in [7, 11) is 3.29. The van der Waals surface area contributed by atoms with Gasteiger partial charge in [-0.15, -0.1) is 0 Å². The van der Waals surface area contributed by atoms with Crippen molar-refractivity contribution in [1.82, 2.24) is 0 Å². The number of hydrogen-bond donors (Lipinski definition) is 0. The third-order valence-electron chi connectivity index (χ3n) is 0.947. The predicted molar refractivity (Wildman–Crippen MR) is 46.8 cm³/mol. The van der Waals surface area contributed by atoms with E-state index in [1.54, 1.807) is 14.2 Å². The van der Waals surface area contributed by atoms with Crippen LogP contribution in [0.4, 0.5) is 0 Å². The molecule has 71 valence electrons. The molecule has 0 rings (SSSR count). The molecule has 4 nitrogen and oxygen atoms in total. The summed E-state index contributed by atoms with van der Waals surface area (Å²) in [5.41, 5.74) is 0. The summed E-state index contributed by atoms with van der Waals surface area (Å²) in [6.07, 6.45) is 0. The molecular weight excluding hydrogens is 186 g/mol. The molecule has 0 aromatic carbocycles. The van der Waals surface area contributed by atoms with Gasteiger partial charge in [-0.3, -0.25) is 0 Å². The van der Waals surface area contributed by atoms with Gasteiger partial charge in [-0.2, -0.15) is 0 Å². The molecule has 0 bridgehead atoms. The van der Waals surface area contributed by atoms with Crippen LogP contribution >= 0.6 is 0 Å². The third kappa shape index (κ3) is 13.9. The van der Waals surface area contributed by atoms with E-state index in [0.717, 1.165) is 0 Å². The molecule has 0 N–H and O–H groups in total. The number of rotatable bonds is 8. The van der Waals surface area contributed by atoms with Crippen LogP contribution in [0.15, 0.2) is 0 Å². The second kappa shape index (κ2) is 14.9. The van der Waals surface area contributed by atoms with Gasteiger partial charge in [0.1, 0.15) is 0 Å². The monoisotopic (exact) mass is 205 g/mol. The second-order valence-corrected chi connectivity index (χ2v) is 2.68. The fourth-order valence-corrected chi connectivity index (χ4v) is 0.888. The molecular formula is C6H19AlNaO4. The van der Waals surface area contributed by atoms with Gasteiger partial charge in [0.15, 0.2) is 0 Å². The molecule has 0 atom stereocenters. The number of hydrogen-bond acceptors (Lipinski definition) is 4. The molecule has 0 amide bonds. The Labute approximate surface area is 107 Å². The third-order valence-corrected chi connectivity index (χ3v) is 1.69. The molecule has 0 heterocycles. The summed E-state index contributed by atoms with van der Waals surface area (Å²) in [4.78, 5) is 0. The predicted octanol–water partition coefficient (Wildman–Crippen LogP) is -2.54. The van der Waals surface area contributed by atoms with Crippen molar-refractivity contribution >= 4 is 15.9 Å². The fourth-order valence-electron chi connectivity index (χ4n) is 0.407. The van der Waals surface area contributed by atoms with Crippen LogP contribution in [0, 0.1) is 0 Å². The minimum Gasteiger partial charge on any atom is -1.00 e. The zero-order valence-electron chi connectivity index (χ0n) is 9.04. The zero-order chi connectivity index (χ0) is 8.36. The van der Waals surface area contributed by atoms with E-state index in [9.17, 15) is 0 Å². The van der Waals surface area contributed by atoms with Crippen LogP contribution in [-0.4, -0.2) is 56.5 Å². The number of methoxy groups -OCH3 is 2. The van der Waals surface area contributed by atoms with E-state index in [1.165, 1.54) is 0 Å². The molecule has 12 heavy (non-hydrogen) atoms. The van der Waals surface area contributed by atoms with Gasteiger partial charge < -0.3 is 18.5 Å². The van der Waals surface area contributed by atoms with Crippen LogP contribution in [0.2, 0.25) is 0 Å². The quantitative estimate of drug-likeness (QED) is 0.323. The number of ether oxygens (including phenoxy) is 2. The maximum absolute atomic E-state index is 5.10. The minimum absolute atomic E-state index is 0. The Hall–Kier alpha value is 1.37. The van der Waals surface area contributed by atoms with Gasteiger partial charge in [-0.1, -0.05) is 0 Å². The first kappa shape index (κ1) is 15.8. The van der Waals surface area contributed by atoms with Crippen LogP contribution in [0.5, 0.6) is 0 Å². The van der Waals surface area contributed by atoms with Crippen LogP contribution in [-0.2, 0) is 17.1 Å². The summed E-state index contributed by atoms with van der Waals surface area (Å²) in [5, 5.41) is 0. The summed E-state index contributed by atoms with van der Waals surface area (Å²) in [5.74, 6) is 0. The van der Waals surface area contributed by atoms with Gasteiger partial charge in [-0.05, 0) is 0 Å². The van der Waals surface area contributed by atoms with Gasteiger partial charge in [0.25, 0.3) is 0 Å². The average molecular weight is 205 g/mol. The Morgan fingerprint density at radius 3 is 1.75 bits per heavy atom. The standard InChI is InChI=1S/2C3H7O2.Al.Na.2H2.H/c2*1-5-3-2-4;;;;;/h2*2-3H2,1H3;;;2*1H;/q2*-1;+2;+1;;;-1. The second-order valence-electron chi connectivity index (χ2n) is 1.82. The van der Waals surface area contributed by atoms with Crippen LogP contribution in [0.1, 0.15) is 4.28 Å². The Bertz CT molecular complexity index is 79.4. The molecule has 0 aromatic heterocycles. The first-order valence-corrected chi connectivity index (χ1v) is 4.39. The Morgan fingerprint density at radius 1 is 1.00 bits per heavy atom. The van der Waals surface area contributed by atoms with E-state index in [-0.39, 0.29) is 49.7 Å². The molecule has 0 aromatic rings. The zero-order valence-corrected chi connectivity index (χ0v) is 11.2. The van der Waals surface area contributed by atoms with Gasteiger partial charge in [0.2, 0.25) is 0 Å². The van der Waals surface area contributed by atoms with Crippen molar-refractivity contribution < 1.29 is 50.9 Å². The first-order chi connectivity index (χ1) is 5.41. The normalized spacial score (nSPS) is 9.17. The maximum Gasteiger partial charge on any atom is 1.00 e. The molecule has 6 heteroatoms. The van der Waals surface area contributed by atoms with Crippen LogP contribution in [0.25, 0.3) is 0 Å². The van der Waals surface area contributed by atoms with Crippen molar-refractivity contribution in [2.24, 2.45) is 0 Å². The summed E-state index contributed by atoms with van der Waals surface area (Å²) in [6, 6.07) is 0. The van der Waals surface area contributed by atoms with E-state index < -0.39 is 0 Å². The van der Waals surface area contributed by atoms with E-state index in [1.807, 2.05) is 0 Å². The Morgan fingerprint density at radius 2 is 1.42 bits per heavy atom. The molecule has 0 aliphatic heterocycles. The minimum atomic E-state index is -0.349. The van der Waals surface area contributed by atoms with E-state index >= 15 is 0 Å². The van der Waals surface area contributed by atoms with E-state index in [4.69, 9.17) is 17.1 Å². The van der Waals surface area contributed by atoms with E-state index in [0.29, 0.717) is 26.4 Å². The van der Waals surface area contributed by atoms with Crippen molar-refractivity contribution in [1.29, 1.82) is 0 Å². The molecule has 0 saturated heterocycles. The van der Waals surface area contributed by atoms with Crippen molar-refractivity contribution in [2.45, 2.75) is 0 Å².